The highest BCUT2D eigenvalue weighted by molar-refractivity contribution is 7.71. The van der Waals surface area contributed by atoms with Gasteiger partial charge in [-0.1, -0.05) is 12.1 Å². The number of H-pyrrole nitrogens is 1. The smallest absolute Gasteiger partial charge is 0.195 e. The molecule has 3 rings (SSSR count). The summed E-state index contributed by atoms with van der Waals surface area (Å²) in [4.78, 5) is 2.09. The fourth-order valence-corrected chi connectivity index (χ4v) is 2.38. The molecule has 0 aliphatic heterocycles. The molecule has 0 unspecified atom stereocenters. The number of hydrogen-bond donors (Lipinski definition) is 1. The molecule has 1 saturated carbocycles. The first kappa shape index (κ1) is 11.5. The number of benzene rings is 1. The summed E-state index contributed by atoms with van der Waals surface area (Å²) in [5.74, 6) is 0.950. The summed E-state index contributed by atoms with van der Waals surface area (Å²) in [5.41, 5.74) is 2.28. The van der Waals surface area contributed by atoms with Crippen molar-refractivity contribution in [2.24, 2.45) is 0 Å². The molecular weight excluding hydrogens is 244 g/mol. The summed E-state index contributed by atoms with van der Waals surface area (Å²) in [6, 6.07) is 8.90. The summed E-state index contributed by atoms with van der Waals surface area (Å²) in [6.45, 7) is 0. The van der Waals surface area contributed by atoms with Gasteiger partial charge in [-0.3, -0.25) is 9.67 Å². The Bertz CT molecular complexity index is 622. The Labute approximate surface area is 111 Å². The van der Waals surface area contributed by atoms with Crippen LogP contribution in [0, 0.1) is 4.77 Å². The normalized spacial score (nSPS) is 14.8. The van der Waals surface area contributed by atoms with Gasteiger partial charge in [-0.2, -0.15) is 5.10 Å². The maximum atomic E-state index is 5.31. The molecule has 0 saturated heterocycles. The van der Waals surface area contributed by atoms with E-state index in [1.165, 1.54) is 18.5 Å². The van der Waals surface area contributed by atoms with Crippen molar-refractivity contribution in [3.8, 4) is 11.4 Å². The molecule has 0 bridgehead atoms. The van der Waals surface area contributed by atoms with Gasteiger partial charge in [0.05, 0.1) is 0 Å². The molecule has 4 nitrogen and oxygen atoms in total. The lowest BCUT2D eigenvalue weighted by atomic mass is 10.2. The van der Waals surface area contributed by atoms with E-state index in [9.17, 15) is 0 Å². The Morgan fingerprint density at radius 3 is 2.83 bits per heavy atom. The quantitative estimate of drug-likeness (QED) is 0.862. The Kier molecular flexibility index (Phi) is 2.70. The van der Waals surface area contributed by atoms with Crippen molar-refractivity contribution in [3.05, 3.63) is 29.0 Å². The number of nitrogens with zero attached hydrogens (tertiary/aromatic N) is 3. The first-order valence-corrected chi connectivity index (χ1v) is 6.52. The minimum atomic E-state index is 0.536. The number of hydrogen-bond acceptors (Lipinski definition) is 3. The van der Waals surface area contributed by atoms with E-state index in [2.05, 4.69) is 43.9 Å². The fraction of sp³-hybridized carbons (Fsp3) is 0.385. The highest BCUT2D eigenvalue weighted by Gasteiger charge is 2.27. The molecule has 2 aromatic rings. The third kappa shape index (κ3) is 1.95. The van der Waals surface area contributed by atoms with Crippen LogP contribution in [0.25, 0.3) is 11.4 Å². The van der Waals surface area contributed by atoms with Gasteiger partial charge in [0.2, 0.25) is 0 Å². The molecule has 1 aliphatic carbocycles. The van der Waals surface area contributed by atoms with Crippen molar-refractivity contribution in [2.45, 2.75) is 18.9 Å². The maximum absolute atomic E-state index is 5.31. The summed E-state index contributed by atoms with van der Waals surface area (Å²) < 4.78 is 2.87. The molecule has 1 aromatic heterocycles. The molecule has 1 aromatic carbocycles. The molecule has 1 N–H and O–H groups in total. The number of aromatic amines is 1. The zero-order valence-corrected chi connectivity index (χ0v) is 11.4. The first-order chi connectivity index (χ1) is 8.66. The molecule has 0 spiro atoms. The Morgan fingerprint density at radius 1 is 1.39 bits per heavy atom. The van der Waals surface area contributed by atoms with E-state index in [4.69, 9.17) is 12.2 Å². The van der Waals surface area contributed by atoms with Crippen molar-refractivity contribution in [1.82, 2.24) is 14.8 Å². The van der Waals surface area contributed by atoms with Gasteiger partial charge in [-0.05, 0) is 37.2 Å². The summed E-state index contributed by atoms with van der Waals surface area (Å²) >= 11 is 5.31. The van der Waals surface area contributed by atoms with Crippen LogP contribution in [0.1, 0.15) is 18.9 Å². The van der Waals surface area contributed by atoms with Crippen molar-refractivity contribution in [1.29, 1.82) is 0 Å². The monoisotopic (exact) mass is 260 g/mol. The molecule has 1 heterocycles. The summed E-state index contributed by atoms with van der Waals surface area (Å²) in [6.07, 6.45) is 2.41. The van der Waals surface area contributed by atoms with E-state index >= 15 is 0 Å². The van der Waals surface area contributed by atoms with E-state index in [0.29, 0.717) is 6.04 Å². The van der Waals surface area contributed by atoms with E-state index in [1.807, 2.05) is 14.1 Å². The molecule has 0 amide bonds. The van der Waals surface area contributed by atoms with Gasteiger partial charge >= 0.3 is 0 Å². The topological polar surface area (TPSA) is 36.9 Å². The van der Waals surface area contributed by atoms with Crippen LogP contribution >= 0.6 is 12.2 Å². The van der Waals surface area contributed by atoms with Gasteiger partial charge < -0.3 is 4.90 Å². The standard InChI is InChI=1S/C13H16N4S/c1-16(2)11-5-3-4-9(8-11)12-14-15-13(18)17(12)10-6-7-10/h3-5,8,10H,6-7H2,1-2H3,(H,15,18). The number of aromatic nitrogens is 3. The summed E-state index contributed by atoms with van der Waals surface area (Å²) in [7, 11) is 4.08. The van der Waals surface area contributed by atoms with Crippen molar-refractivity contribution in [2.75, 3.05) is 19.0 Å². The average molecular weight is 260 g/mol. The van der Waals surface area contributed by atoms with E-state index in [1.54, 1.807) is 0 Å². The van der Waals surface area contributed by atoms with Gasteiger partial charge in [0, 0.05) is 31.4 Å². The van der Waals surface area contributed by atoms with E-state index in [-0.39, 0.29) is 0 Å². The van der Waals surface area contributed by atoms with Gasteiger partial charge in [-0.15, -0.1) is 0 Å². The second-order valence-corrected chi connectivity index (χ2v) is 5.28. The maximum Gasteiger partial charge on any atom is 0.195 e. The van der Waals surface area contributed by atoms with Crippen LogP contribution in [0.4, 0.5) is 5.69 Å². The minimum absolute atomic E-state index is 0.536. The van der Waals surface area contributed by atoms with Crippen LogP contribution in [0.5, 0.6) is 0 Å². The van der Waals surface area contributed by atoms with E-state index in [0.717, 1.165) is 16.2 Å². The fourth-order valence-electron chi connectivity index (χ4n) is 2.10. The van der Waals surface area contributed by atoms with Gasteiger partial charge in [0.25, 0.3) is 0 Å². The highest BCUT2D eigenvalue weighted by atomic mass is 32.1. The SMILES string of the molecule is CN(C)c1cccc(-c2n[nH]c(=S)n2C2CC2)c1. The van der Waals surface area contributed by atoms with Crippen molar-refractivity contribution in [3.63, 3.8) is 0 Å². The lowest BCUT2D eigenvalue weighted by Gasteiger charge is -2.13. The van der Waals surface area contributed by atoms with Crippen LogP contribution in [-0.4, -0.2) is 28.9 Å². The molecule has 18 heavy (non-hydrogen) atoms. The zero-order chi connectivity index (χ0) is 12.7. The Hall–Kier alpha value is -1.62. The second kappa shape index (κ2) is 4.24. The molecule has 1 fully saturated rings. The lowest BCUT2D eigenvalue weighted by molar-refractivity contribution is 0.735. The molecule has 1 aliphatic rings. The zero-order valence-electron chi connectivity index (χ0n) is 10.6. The van der Waals surface area contributed by atoms with Gasteiger partial charge in [-0.25, -0.2) is 0 Å². The second-order valence-electron chi connectivity index (χ2n) is 4.90. The Morgan fingerprint density at radius 2 is 2.17 bits per heavy atom. The number of anilines is 1. The molecular formula is C13H16N4S. The van der Waals surface area contributed by atoms with Gasteiger partial charge in [0.15, 0.2) is 10.6 Å². The van der Waals surface area contributed by atoms with Crippen LogP contribution in [0.3, 0.4) is 0 Å². The third-order valence-corrected chi connectivity index (χ3v) is 3.53. The largest absolute Gasteiger partial charge is 0.378 e. The van der Waals surface area contributed by atoms with Crippen LogP contribution < -0.4 is 4.90 Å². The molecule has 0 atom stereocenters. The third-order valence-electron chi connectivity index (χ3n) is 3.24. The van der Waals surface area contributed by atoms with Crippen LogP contribution in [0.2, 0.25) is 0 Å². The summed E-state index contributed by atoms with van der Waals surface area (Å²) in [5, 5.41) is 7.28. The van der Waals surface area contributed by atoms with Gasteiger partial charge in [0.1, 0.15) is 0 Å². The highest BCUT2D eigenvalue weighted by Crippen LogP contribution is 2.38. The molecule has 0 radical (unpaired) electrons. The minimum Gasteiger partial charge on any atom is -0.378 e. The lowest BCUT2D eigenvalue weighted by Crippen LogP contribution is -2.08. The van der Waals surface area contributed by atoms with Crippen molar-refractivity contribution < 1.29 is 0 Å². The molecule has 5 heteroatoms. The Balaban J connectivity index is 2.09. The predicted octanol–water partition coefficient (Wildman–Crippen LogP) is 3.01. The average Bonchev–Trinajstić information content (AvgIpc) is 3.12. The van der Waals surface area contributed by atoms with E-state index < -0.39 is 0 Å². The van der Waals surface area contributed by atoms with Crippen LogP contribution in [-0.2, 0) is 0 Å². The van der Waals surface area contributed by atoms with Crippen LogP contribution in [0.15, 0.2) is 24.3 Å². The number of nitrogens with one attached hydrogen (secondary N) is 1. The van der Waals surface area contributed by atoms with Crippen molar-refractivity contribution >= 4 is 17.9 Å². The molecule has 94 valence electrons. The number of rotatable bonds is 3. The first-order valence-electron chi connectivity index (χ1n) is 6.11. The predicted molar refractivity (Wildman–Crippen MR) is 75.4 cm³/mol.